The van der Waals surface area contributed by atoms with Gasteiger partial charge in [0.25, 0.3) is 0 Å². The smallest absolute Gasteiger partial charge is 0.231 e. The van der Waals surface area contributed by atoms with E-state index in [1.807, 2.05) is 36.4 Å². The largest absolute Gasteiger partial charge is 0.393 e. The van der Waals surface area contributed by atoms with Crippen LogP contribution in [0.2, 0.25) is 0 Å². The van der Waals surface area contributed by atoms with Crippen LogP contribution in [0.1, 0.15) is 123 Å². The number of H-pyrrole nitrogens is 1. The van der Waals surface area contributed by atoms with Crippen LogP contribution in [0.25, 0.3) is 22.8 Å². The lowest BCUT2D eigenvalue weighted by Crippen LogP contribution is -2.67. The van der Waals surface area contributed by atoms with Gasteiger partial charge in [0, 0.05) is 17.7 Å². The van der Waals surface area contributed by atoms with Gasteiger partial charge >= 0.3 is 0 Å². The molecule has 5 unspecified atom stereocenters. The van der Waals surface area contributed by atoms with E-state index in [-0.39, 0.29) is 39.1 Å². The summed E-state index contributed by atoms with van der Waals surface area (Å²) in [7, 11) is 0. The molecule has 57 heavy (non-hydrogen) atoms. The summed E-state index contributed by atoms with van der Waals surface area (Å²) < 4.78 is 5.67. The Balaban J connectivity index is 0.912. The number of tetrazole rings is 1. The van der Waals surface area contributed by atoms with Gasteiger partial charge in [-0.3, -0.25) is 4.79 Å². The minimum atomic E-state index is -0.376. The van der Waals surface area contributed by atoms with Crippen molar-refractivity contribution in [2.24, 2.45) is 56.7 Å². The number of aliphatic hydroxyl groups excluding tert-OH is 1. The lowest BCUT2D eigenvalue weighted by molar-refractivity contribution is -0.246. The number of allylic oxidation sites excluding steroid dienone is 1. The quantitative estimate of drug-likeness (QED) is 0.151. The molecule has 0 saturated heterocycles. The molecule has 302 valence electrons. The van der Waals surface area contributed by atoms with E-state index in [0.717, 1.165) is 60.8 Å². The number of hydrogen-bond acceptors (Lipinski definition) is 8. The summed E-state index contributed by atoms with van der Waals surface area (Å²) in [4.78, 5) is 19.5. The molecule has 10 nitrogen and oxygen atoms in total. The topological polar surface area (TPSA) is 143 Å². The van der Waals surface area contributed by atoms with E-state index in [0.29, 0.717) is 60.1 Å². The zero-order valence-electron chi connectivity index (χ0n) is 34.8. The summed E-state index contributed by atoms with van der Waals surface area (Å²) in [6.07, 6.45) is 11.2. The summed E-state index contributed by atoms with van der Waals surface area (Å²) in [6.45, 7) is 19.8. The van der Waals surface area contributed by atoms with Gasteiger partial charge in [-0.05, 0) is 145 Å². The van der Waals surface area contributed by atoms with Gasteiger partial charge in [0.2, 0.25) is 23.4 Å². The predicted molar refractivity (Wildman–Crippen MR) is 219 cm³/mol. The molecule has 9 rings (SSSR count). The van der Waals surface area contributed by atoms with Crippen LogP contribution >= 0.6 is 0 Å². The van der Waals surface area contributed by atoms with Gasteiger partial charge < -0.3 is 14.9 Å². The van der Waals surface area contributed by atoms with Crippen molar-refractivity contribution in [3.05, 3.63) is 77.7 Å². The Hall–Kier alpha value is -4.18. The van der Waals surface area contributed by atoms with Gasteiger partial charge in [-0.25, -0.2) is 0 Å². The first-order valence-electron chi connectivity index (χ1n) is 21.6. The molecule has 5 aliphatic carbocycles. The summed E-state index contributed by atoms with van der Waals surface area (Å²) in [5.41, 5.74) is 5.22. The van der Waals surface area contributed by atoms with Crippen molar-refractivity contribution in [2.45, 2.75) is 125 Å². The molecule has 2 heterocycles. The molecule has 0 bridgehead atoms. The SMILES string of the molecule is C=C(C)C1CC[C@]2(C(=O)NCc3cccc(-c4noc(Cc5ccc(-c6nn[nH]n6)cc5)n4)c3)CC[C@]3(C)C(CCC4[C@@]5(C)CC[C@H](O)C(C)(C)C5CC[C@]43C)C12. The molecule has 10 atom stereocenters. The van der Waals surface area contributed by atoms with Gasteiger partial charge in [-0.15, -0.1) is 10.2 Å². The molecule has 0 spiro atoms. The third kappa shape index (κ3) is 5.89. The summed E-state index contributed by atoms with van der Waals surface area (Å²) >= 11 is 0. The zero-order valence-corrected chi connectivity index (χ0v) is 34.8. The van der Waals surface area contributed by atoms with Crippen molar-refractivity contribution in [3.63, 3.8) is 0 Å². The molecule has 0 radical (unpaired) electrons. The first-order chi connectivity index (χ1) is 27.2. The van der Waals surface area contributed by atoms with Crippen LogP contribution in [0.3, 0.4) is 0 Å². The number of aliphatic hydroxyl groups is 1. The van der Waals surface area contributed by atoms with Crippen LogP contribution in [0.4, 0.5) is 0 Å². The van der Waals surface area contributed by atoms with Crippen LogP contribution in [0.5, 0.6) is 0 Å². The Bertz CT molecular complexity index is 2140. The van der Waals surface area contributed by atoms with Gasteiger partial charge in [-0.1, -0.05) is 94.4 Å². The Morgan fingerprint density at radius 2 is 1.68 bits per heavy atom. The molecule has 3 N–H and O–H groups in total. The molecule has 5 fully saturated rings. The maximum Gasteiger partial charge on any atom is 0.231 e. The van der Waals surface area contributed by atoms with Crippen molar-refractivity contribution in [1.82, 2.24) is 36.1 Å². The lowest BCUT2D eigenvalue weighted by atomic mass is 9.32. The van der Waals surface area contributed by atoms with Gasteiger partial charge in [0.15, 0.2) is 0 Å². The van der Waals surface area contributed by atoms with Crippen LogP contribution < -0.4 is 5.32 Å². The molecule has 5 aliphatic rings. The maximum atomic E-state index is 14.8. The fourth-order valence-electron chi connectivity index (χ4n) is 14.4. The summed E-state index contributed by atoms with van der Waals surface area (Å²) in [6, 6.07) is 16.0. The molecular formula is C47H61N7O3. The number of nitrogens with zero attached hydrogens (tertiary/aromatic N) is 5. The second-order valence-corrected chi connectivity index (χ2v) is 20.2. The average molecular weight is 772 g/mol. The van der Waals surface area contributed by atoms with E-state index in [1.165, 1.54) is 31.3 Å². The molecule has 5 saturated carbocycles. The number of hydrogen-bond donors (Lipinski definition) is 3. The molecule has 10 heteroatoms. The highest BCUT2D eigenvalue weighted by Gasteiger charge is 2.71. The van der Waals surface area contributed by atoms with Crippen LogP contribution in [0.15, 0.2) is 65.2 Å². The minimum absolute atomic E-state index is 0.0530. The van der Waals surface area contributed by atoms with Crippen molar-refractivity contribution in [1.29, 1.82) is 0 Å². The third-order valence-corrected chi connectivity index (χ3v) is 17.5. The second-order valence-electron chi connectivity index (χ2n) is 20.2. The van der Waals surface area contributed by atoms with E-state index < -0.39 is 0 Å². The Labute approximate surface area is 337 Å². The fraction of sp³-hybridized carbons (Fsp3) is 0.617. The summed E-state index contributed by atoms with van der Waals surface area (Å²) in [5, 5.41) is 33.1. The monoisotopic (exact) mass is 771 g/mol. The number of rotatable bonds is 8. The first kappa shape index (κ1) is 38.3. The Morgan fingerprint density at radius 3 is 2.44 bits per heavy atom. The molecule has 1 amide bonds. The van der Waals surface area contributed by atoms with E-state index in [1.54, 1.807) is 0 Å². The number of carbonyl (C=O) groups excluding carboxylic acids is 1. The number of aromatic amines is 1. The van der Waals surface area contributed by atoms with E-state index in [2.05, 4.69) is 91.4 Å². The second kappa shape index (κ2) is 13.7. The van der Waals surface area contributed by atoms with E-state index >= 15 is 0 Å². The van der Waals surface area contributed by atoms with E-state index in [4.69, 9.17) is 9.51 Å². The Kier molecular flexibility index (Phi) is 9.22. The van der Waals surface area contributed by atoms with Gasteiger partial charge in [0.1, 0.15) is 0 Å². The van der Waals surface area contributed by atoms with Crippen molar-refractivity contribution >= 4 is 5.91 Å². The number of aromatic nitrogens is 6. The normalized spacial score (nSPS) is 36.7. The number of benzene rings is 2. The summed E-state index contributed by atoms with van der Waals surface area (Å²) in [5.74, 6) is 4.19. The molecule has 4 aromatic rings. The number of amides is 1. The van der Waals surface area contributed by atoms with Crippen LogP contribution in [0, 0.1) is 56.7 Å². The van der Waals surface area contributed by atoms with Crippen LogP contribution in [-0.2, 0) is 17.8 Å². The third-order valence-electron chi connectivity index (χ3n) is 17.5. The first-order valence-corrected chi connectivity index (χ1v) is 21.6. The highest BCUT2D eigenvalue weighted by atomic mass is 16.5. The van der Waals surface area contributed by atoms with Crippen LogP contribution in [-0.4, -0.2) is 47.9 Å². The molecular weight excluding hydrogens is 711 g/mol. The number of nitrogens with one attached hydrogen (secondary N) is 2. The van der Waals surface area contributed by atoms with Crippen molar-refractivity contribution < 1.29 is 14.4 Å². The van der Waals surface area contributed by atoms with E-state index in [9.17, 15) is 9.90 Å². The van der Waals surface area contributed by atoms with Crippen molar-refractivity contribution in [3.8, 4) is 22.8 Å². The fourth-order valence-corrected chi connectivity index (χ4v) is 14.4. The molecule has 2 aromatic heterocycles. The van der Waals surface area contributed by atoms with Crippen molar-refractivity contribution in [2.75, 3.05) is 0 Å². The van der Waals surface area contributed by atoms with Gasteiger partial charge in [0.05, 0.1) is 17.9 Å². The molecule has 2 aromatic carbocycles. The maximum absolute atomic E-state index is 14.8. The highest BCUT2D eigenvalue weighted by molar-refractivity contribution is 5.84. The molecule has 0 aliphatic heterocycles. The Morgan fingerprint density at radius 1 is 0.877 bits per heavy atom. The average Bonchev–Trinajstić information content (AvgIpc) is 3.98. The number of fused-ring (bicyclic) bond motifs is 7. The lowest BCUT2D eigenvalue weighted by Gasteiger charge is -2.72. The van der Waals surface area contributed by atoms with Gasteiger partial charge in [-0.2, -0.15) is 10.2 Å². The zero-order chi connectivity index (χ0) is 40.0. The standard InChI is InChI=1S/C47H61N7O3/c1-28(2)33-17-22-47(24-23-45(6)34(39(33)47)15-16-36-44(5)20-19-37(55)43(3,4)35(44)18-21-46(36,45)7)42(56)48-27-30-9-8-10-32(25-30)40-49-38(57-52-40)26-29-11-13-31(14-12-29)41-50-53-54-51-41/h8-14,25,33-37,39,55H,1,15-24,26-27H2,2-7H3,(H,48,56)(H,50,51,53,54)/t33?,34?,35?,36?,37-,39?,44-,45+,46+,47-/m0/s1. The number of carbonyl (C=O) groups is 1. The highest BCUT2D eigenvalue weighted by Crippen LogP contribution is 2.77. The minimum Gasteiger partial charge on any atom is -0.393 e. The predicted octanol–water partition coefficient (Wildman–Crippen LogP) is 9.14.